The van der Waals surface area contributed by atoms with Gasteiger partial charge in [-0.2, -0.15) is 0 Å². The number of nitrogens with zero attached hydrogens (tertiary/aromatic N) is 1. The lowest BCUT2D eigenvalue weighted by Gasteiger charge is -2.24. The molecule has 0 aliphatic carbocycles. The maximum atomic E-state index is 12.6. The van der Waals surface area contributed by atoms with Crippen molar-refractivity contribution in [2.45, 2.75) is 20.1 Å². The van der Waals surface area contributed by atoms with E-state index in [1.54, 1.807) is 12.1 Å². The molecule has 0 saturated heterocycles. The van der Waals surface area contributed by atoms with Crippen LogP contribution >= 0.6 is 0 Å². The van der Waals surface area contributed by atoms with Crippen LogP contribution in [-0.4, -0.2) is 11.0 Å². The van der Waals surface area contributed by atoms with Gasteiger partial charge in [-0.1, -0.05) is 42.5 Å². The van der Waals surface area contributed by atoms with Crippen molar-refractivity contribution in [3.63, 3.8) is 0 Å². The van der Waals surface area contributed by atoms with Gasteiger partial charge in [-0.05, 0) is 31.6 Å². The van der Waals surface area contributed by atoms with Gasteiger partial charge >= 0.3 is 0 Å². The molecule has 0 saturated carbocycles. The Hall–Kier alpha value is -2.39. The average Bonchev–Trinajstić information content (AvgIpc) is 2.78. The highest BCUT2D eigenvalue weighted by molar-refractivity contribution is 6.11. The summed E-state index contributed by atoms with van der Waals surface area (Å²) in [5, 5.41) is 10.5. The molecule has 1 atom stereocenters. The predicted molar refractivity (Wildman–Crippen MR) is 84.0 cm³/mol. The largest absolute Gasteiger partial charge is 0.369 e. The number of anilines is 1. The van der Waals surface area contributed by atoms with Crippen molar-refractivity contribution < 1.29 is 9.90 Å². The van der Waals surface area contributed by atoms with E-state index < -0.39 is 6.23 Å². The van der Waals surface area contributed by atoms with Crippen LogP contribution < -0.4 is 4.90 Å². The molecule has 3 heteroatoms. The number of para-hydroxylation sites is 1. The summed E-state index contributed by atoms with van der Waals surface area (Å²) in [6, 6.07) is 14.9. The van der Waals surface area contributed by atoms with Gasteiger partial charge in [0, 0.05) is 16.7 Å². The molecule has 0 fully saturated rings. The monoisotopic (exact) mass is 279 g/mol. The van der Waals surface area contributed by atoms with Gasteiger partial charge in [0.1, 0.15) is 0 Å². The van der Waals surface area contributed by atoms with E-state index in [0.717, 1.165) is 16.8 Å². The van der Waals surface area contributed by atoms with Crippen molar-refractivity contribution in [3.05, 3.63) is 71.3 Å². The number of rotatable bonds is 2. The molecule has 2 aromatic carbocycles. The summed E-state index contributed by atoms with van der Waals surface area (Å²) in [7, 11) is 0. The Labute approximate surface area is 124 Å². The van der Waals surface area contributed by atoms with E-state index in [2.05, 4.69) is 0 Å². The Morgan fingerprint density at radius 3 is 2.52 bits per heavy atom. The molecule has 1 N–H and O–H groups in total. The number of aliphatic hydroxyl groups is 1. The van der Waals surface area contributed by atoms with Crippen molar-refractivity contribution in [1.82, 2.24) is 0 Å². The Bertz CT molecular complexity index is 734. The number of carbonyl (C=O) groups is 1. The van der Waals surface area contributed by atoms with Crippen LogP contribution in [0.1, 0.15) is 41.6 Å². The van der Waals surface area contributed by atoms with Gasteiger partial charge in [0.15, 0.2) is 6.23 Å². The number of aliphatic hydroxyl groups excluding tert-OH is 1. The minimum absolute atomic E-state index is 0.158. The Balaban J connectivity index is 2.14. The van der Waals surface area contributed by atoms with Crippen molar-refractivity contribution in [3.8, 4) is 0 Å². The first-order valence-corrected chi connectivity index (χ1v) is 6.98. The summed E-state index contributed by atoms with van der Waals surface area (Å²) in [6.45, 7) is 3.96. The van der Waals surface area contributed by atoms with Crippen LogP contribution in [0.15, 0.2) is 54.6 Å². The lowest BCUT2D eigenvalue weighted by atomic mass is 10.0. The molecule has 0 radical (unpaired) electrons. The number of benzene rings is 2. The number of allylic oxidation sites excluding steroid dienone is 2. The minimum Gasteiger partial charge on any atom is -0.369 e. The Morgan fingerprint density at radius 2 is 1.81 bits per heavy atom. The van der Waals surface area contributed by atoms with Gasteiger partial charge in [-0.25, -0.2) is 0 Å². The Morgan fingerprint density at radius 1 is 1.14 bits per heavy atom. The normalized spacial score (nSPS) is 18.0. The zero-order chi connectivity index (χ0) is 15.0. The quantitative estimate of drug-likeness (QED) is 0.909. The number of carbonyl (C=O) groups excluding carboxylic acids is 1. The van der Waals surface area contributed by atoms with Gasteiger partial charge in [0.05, 0.1) is 5.69 Å². The third kappa shape index (κ3) is 2.06. The third-order valence-electron chi connectivity index (χ3n) is 3.95. The molecule has 106 valence electrons. The van der Waals surface area contributed by atoms with Crippen LogP contribution in [0.4, 0.5) is 5.69 Å². The van der Waals surface area contributed by atoms with Gasteiger partial charge in [0.2, 0.25) is 0 Å². The van der Waals surface area contributed by atoms with Crippen molar-refractivity contribution in [1.29, 1.82) is 0 Å². The minimum atomic E-state index is -0.931. The molecule has 2 aromatic rings. The first-order valence-electron chi connectivity index (χ1n) is 6.98. The number of hydrogen-bond acceptors (Lipinski definition) is 2. The standard InChI is InChI=1S/C18H17NO2/c1-3-12(2)13-8-6-7-11-16(13)19-17(20)14-9-4-5-10-15(14)18(19)21/h3-11,17,20H,1-2H3/b12-3+. The molecule has 0 spiro atoms. The van der Waals surface area contributed by atoms with Crippen LogP contribution in [0.2, 0.25) is 0 Å². The first kappa shape index (κ1) is 13.6. The van der Waals surface area contributed by atoms with Crippen molar-refractivity contribution >= 4 is 17.2 Å². The van der Waals surface area contributed by atoms with Crippen LogP contribution in [0.25, 0.3) is 5.57 Å². The molecule has 1 aliphatic rings. The predicted octanol–water partition coefficient (Wildman–Crippen LogP) is 3.76. The fraction of sp³-hybridized carbons (Fsp3) is 0.167. The topological polar surface area (TPSA) is 40.5 Å². The summed E-state index contributed by atoms with van der Waals surface area (Å²) >= 11 is 0. The fourth-order valence-electron chi connectivity index (χ4n) is 2.71. The van der Waals surface area contributed by atoms with Crippen molar-refractivity contribution in [2.24, 2.45) is 0 Å². The second kappa shape index (κ2) is 5.19. The number of fused-ring (bicyclic) bond motifs is 1. The maximum Gasteiger partial charge on any atom is 0.261 e. The highest BCUT2D eigenvalue weighted by Crippen LogP contribution is 2.38. The van der Waals surface area contributed by atoms with Gasteiger partial charge < -0.3 is 5.11 Å². The molecule has 1 heterocycles. The number of amides is 1. The fourth-order valence-corrected chi connectivity index (χ4v) is 2.71. The second-order valence-electron chi connectivity index (χ2n) is 5.12. The van der Waals surface area contributed by atoms with Crippen LogP contribution in [0, 0.1) is 0 Å². The highest BCUT2D eigenvalue weighted by Gasteiger charge is 2.37. The van der Waals surface area contributed by atoms with Crippen molar-refractivity contribution in [2.75, 3.05) is 4.90 Å². The molecule has 3 rings (SSSR count). The van der Waals surface area contributed by atoms with Gasteiger partial charge in [0.25, 0.3) is 5.91 Å². The summed E-state index contributed by atoms with van der Waals surface area (Å²) in [6.07, 6.45) is 1.07. The van der Waals surface area contributed by atoms with E-state index in [-0.39, 0.29) is 5.91 Å². The van der Waals surface area contributed by atoms with Gasteiger partial charge in [-0.3, -0.25) is 9.69 Å². The van der Waals surface area contributed by atoms with Gasteiger partial charge in [-0.15, -0.1) is 0 Å². The molecule has 1 aliphatic heterocycles. The Kier molecular flexibility index (Phi) is 3.35. The molecule has 1 amide bonds. The molecule has 1 unspecified atom stereocenters. The first-order chi connectivity index (χ1) is 10.1. The van der Waals surface area contributed by atoms with Crippen LogP contribution in [0.3, 0.4) is 0 Å². The van der Waals surface area contributed by atoms with E-state index >= 15 is 0 Å². The van der Waals surface area contributed by atoms with E-state index in [1.165, 1.54) is 4.90 Å². The SMILES string of the molecule is C/C=C(\C)c1ccccc1N1C(=O)c2ccccc2C1O. The summed E-state index contributed by atoms with van der Waals surface area (Å²) in [5.74, 6) is -0.158. The van der Waals surface area contributed by atoms with E-state index in [9.17, 15) is 9.90 Å². The molecular formula is C18H17NO2. The van der Waals surface area contributed by atoms with Crippen LogP contribution in [-0.2, 0) is 0 Å². The molecule has 21 heavy (non-hydrogen) atoms. The molecule has 0 bridgehead atoms. The summed E-state index contributed by atoms with van der Waals surface area (Å²) < 4.78 is 0. The maximum absolute atomic E-state index is 12.6. The zero-order valence-corrected chi connectivity index (χ0v) is 12.1. The molecule has 3 nitrogen and oxygen atoms in total. The van der Waals surface area contributed by atoms with E-state index in [0.29, 0.717) is 11.1 Å². The molecular weight excluding hydrogens is 262 g/mol. The second-order valence-corrected chi connectivity index (χ2v) is 5.12. The van der Waals surface area contributed by atoms with E-state index in [4.69, 9.17) is 0 Å². The summed E-state index contributed by atoms with van der Waals surface area (Å²) in [4.78, 5) is 14.1. The molecule has 0 aromatic heterocycles. The smallest absolute Gasteiger partial charge is 0.261 e. The average molecular weight is 279 g/mol. The third-order valence-corrected chi connectivity index (χ3v) is 3.95. The lowest BCUT2D eigenvalue weighted by molar-refractivity contribution is 0.0935. The van der Waals surface area contributed by atoms with Crippen LogP contribution in [0.5, 0.6) is 0 Å². The van der Waals surface area contributed by atoms with E-state index in [1.807, 2.05) is 56.3 Å². The summed E-state index contributed by atoms with van der Waals surface area (Å²) in [5.41, 5.74) is 4.00. The zero-order valence-electron chi connectivity index (χ0n) is 12.1. The lowest BCUT2D eigenvalue weighted by Crippen LogP contribution is -2.28. The number of hydrogen-bond donors (Lipinski definition) is 1. The highest BCUT2D eigenvalue weighted by atomic mass is 16.3.